The summed E-state index contributed by atoms with van der Waals surface area (Å²) in [6.45, 7) is 4.44. The number of hydrogen-bond acceptors (Lipinski definition) is 8. The van der Waals surface area contributed by atoms with E-state index in [0.29, 0.717) is 11.4 Å². The van der Waals surface area contributed by atoms with Crippen LogP contribution in [0.2, 0.25) is 0 Å². The number of benzene rings is 1. The molecular formula is C23H28N2O7. The molecular weight excluding hydrogens is 416 g/mol. The van der Waals surface area contributed by atoms with E-state index in [1.807, 2.05) is 37.3 Å². The molecule has 9 nitrogen and oxygen atoms in total. The van der Waals surface area contributed by atoms with Gasteiger partial charge in [-0.2, -0.15) is 0 Å². The average molecular weight is 444 g/mol. The van der Waals surface area contributed by atoms with Crippen LogP contribution in [0.3, 0.4) is 0 Å². The Morgan fingerprint density at radius 1 is 0.969 bits per heavy atom. The van der Waals surface area contributed by atoms with Crippen LogP contribution in [0.4, 0.5) is 0 Å². The van der Waals surface area contributed by atoms with E-state index in [1.165, 1.54) is 4.90 Å². The number of nitrogens with zero attached hydrogens (tertiary/aromatic N) is 1. The summed E-state index contributed by atoms with van der Waals surface area (Å²) < 4.78 is 14.8. The molecule has 1 heterocycles. The molecule has 0 fully saturated rings. The van der Waals surface area contributed by atoms with E-state index in [0.717, 1.165) is 19.8 Å². The molecule has 1 aromatic carbocycles. The molecule has 172 valence electrons. The summed E-state index contributed by atoms with van der Waals surface area (Å²) in [6.07, 6.45) is 0. The normalized spacial score (nSPS) is 14.9. The number of carbonyl (C=O) groups is 4. The molecule has 9 heteroatoms. The smallest absolute Gasteiger partial charge is 0.336 e. The van der Waals surface area contributed by atoms with Crippen molar-refractivity contribution in [1.29, 1.82) is 0 Å². The van der Waals surface area contributed by atoms with Crippen LogP contribution in [0.5, 0.6) is 0 Å². The lowest BCUT2D eigenvalue weighted by atomic mass is 9.85. The maximum Gasteiger partial charge on any atom is 0.336 e. The number of nitrogens with one attached hydrogen (secondary N) is 1. The Hall–Kier alpha value is -3.62. The van der Waals surface area contributed by atoms with Crippen molar-refractivity contribution in [3.8, 4) is 0 Å². The van der Waals surface area contributed by atoms with Gasteiger partial charge in [-0.15, -0.1) is 0 Å². The van der Waals surface area contributed by atoms with Crippen molar-refractivity contribution in [3.05, 3.63) is 58.4 Å². The number of methoxy groups -OCH3 is 2. The zero-order chi connectivity index (χ0) is 24.0. The van der Waals surface area contributed by atoms with Crippen molar-refractivity contribution in [2.45, 2.75) is 26.8 Å². The van der Waals surface area contributed by atoms with E-state index >= 15 is 0 Å². The summed E-state index contributed by atoms with van der Waals surface area (Å²) in [6, 6.07) is 9.15. The third-order valence-electron chi connectivity index (χ3n) is 5.40. The topological polar surface area (TPSA) is 111 Å². The van der Waals surface area contributed by atoms with Crippen LogP contribution in [0.1, 0.15) is 32.4 Å². The Morgan fingerprint density at radius 2 is 1.47 bits per heavy atom. The number of hydrogen-bond donors (Lipinski definition) is 1. The van der Waals surface area contributed by atoms with Gasteiger partial charge >= 0.3 is 17.9 Å². The van der Waals surface area contributed by atoms with E-state index < -0.39 is 36.3 Å². The lowest BCUT2D eigenvalue weighted by Gasteiger charge is -2.29. The number of carbonyl (C=O) groups excluding carboxylic acids is 4. The van der Waals surface area contributed by atoms with Gasteiger partial charge in [-0.3, -0.25) is 9.59 Å². The predicted molar refractivity (Wildman–Crippen MR) is 115 cm³/mol. The number of amides is 1. The second-order valence-corrected chi connectivity index (χ2v) is 7.32. The number of rotatable bonds is 7. The van der Waals surface area contributed by atoms with Gasteiger partial charge in [0.05, 0.1) is 31.4 Å². The van der Waals surface area contributed by atoms with Crippen LogP contribution in [0.25, 0.3) is 0 Å². The van der Waals surface area contributed by atoms with E-state index in [-0.39, 0.29) is 17.2 Å². The molecule has 1 amide bonds. The number of esters is 3. The largest absolute Gasteiger partial charge is 0.466 e. The van der Waals surface area contributed by atoms with Gasteiger partial charge in [-0.25, -0.2) is 9.59 Å². The van der Waals surface area contributed by atoms with Crippen molar-refractivity contribution in [1.82, 2.24) is 10.2 Å². The number of likely N-dealkylation sites (N-methyl/N-ethyl adjacent to an activating group) is 1. The first-order valence-corrected chi connectivity index (χ1v) is 9.96. The van der Waals surface area contributed by atoms with E-state index in [2.05, 4.69) is 5.32 Å². The summed E-state index contributed by atoms with van der Waals surface area (Å²) in [5.41, 5.74) is 1.44. The summed E-state index contributed by atoms with van der Waals surface area (Å²) in [7, 11) is 3.93. The molecule has 0 saturated carbocycles. The third kappa shape index (κ3) is 5.16. The van der Waals surface area contributed by atoms with Gasteiger partial charge < -0.3 is 24.4 Å². The molecule has 0 saturated heterocycles. The average Bonchev–Trinajstić information content (AvgIpc) is 2.80. The third-order valence-corrected chi connectivity index (χ3v) is 5.40. The van der Waals surface area contributed by atoms with E-state index in [1.54, 1.807) is 20.9 Å². The molecule has 1 aromatic rings. The highest BCUT2D eigenvalue weighted by Gasteiger charge is 2.42. The predicted octanol–water partition coefficient (Wildman–Crippen LogP) is 1.86. The van der Waals surface area contributed by atoms with Gasteiger partial charge in [0.15, 0.2) is 6.61 Å². The lowest BCUT2D eigenvalue weighted by molar-refractivity contribution is -0.156. The first-order valence-electron chi connectivity index (χ1n) is 9.96. The highest BCUT2D eigenvalue weighted by molar-refractivity contribution is 6.05. The van der Waals surface area contributed by atoms with Gasteiger partial charge in [0.1, 0.15) is 5.92 Å². The summed E-state index contributed by atoms with van der Waals surface area (Å²) in [5, 5.41) is 2.89. The van der Waals surface area contributed by atoms with Gasteiger partial charge in [0, 0.05) is 18.4 Å². The van der Waals surface area contributed by atoms with Crippen molar-refractivity contribution < 1.29 is 33.4 Å². The van der Waals surface area contributed by atoms with Crippen LogP contribution in [-0.4, -0.2) is 56.6 Å². The molecule has 0 bridgehead atoms. The molecule has 2 rings (SSSR count). The highest BCUT2D eigenvalue weighted by atomic mass is 16.5. The Labute approximate surface area is 187 Å². The van der Waals surface area contributed by atoms with Crippen molar-refractivity contribution in [2.75, 3.05) is 27.9 Å². The van der Waals surface area contributed by atoms with E-state index in [4.69, 9.17) is 14.2 Å². The molecule has 1 atom stereocenters. The number of ether oxygens (including phenoxy) is 3. The Balaban J connectivity index is 2.23. The molecule has 0 aliphatic carbocycles. The second-order valence-electron chi connectivity index (χ2n) is 7.32. The summed E-state index contributed by atoms with van der Waals surface area (Å²) in [4.78, 5) is 51.9. The Bertz CT molecular complexity index is 928. The molecule has 1 unspecified atom stereocenters. The Kier molecular flexibility index (Phi) is 8.17. The molecule has 1 aliphatic rings. The fraction of sp³-hybridized carbons (Fsp3) is 0.391. The zero-order valence-electron chi connectivity index (χ0n) is 19.1. The molecule has 1 aliphatic heterocycles. The molecule has 0 aromatic heterocycles. The zero-order valence-corrected chi connectivity index (χ0v) is 19.1. The monoisotopic (exact) mass is 444 g/mol. The molecule has 32 heavy (non-hydrogen) atoms. The fourth-order valence-electron chi connectivity index (χ4n) is 3.48. The van der Waals surface area contributed by atoms with Crippen LogP contribution >= 0.6 is 0 Å². The Morgan fingerprint density at radius 3 is 1.94 bits per heavy atom. The number of dihydropyridines is 1. The van der Waals surface area contributed by atoms with Crippen LogP contribution < -0.4 is 5.32 Å². The van der Waals surface area contributed by atoms with Crippen LogP contribution in [0.15, 0.2) is 52.9 Å². The quantitative estimate of drug-likeness (QED) is 0.501. The first-order chi connectivity index (χ1) is 15.1. The standard InChI is InChI=1S/C23H28N2O7/c1-13-18(21(27)30-5)20(19(14(2)24-13)22(28)31-6)23(29)32-12-17(26)25(4)15(3)16-10-8-7-9-11-16/h7-11,15,20,24H,12H2,1-6H3. The molecule has 1 N–H and O–H groups in total. The second kappa shape index (κ2) is 10.6. The first kappa shape index (κ1) is 24.6. The van der Waals surface area contributed by atoms with Gasteiger partial charge in [-0.05, 0) is 26.3 Å². The minimum Gasteiger partial charge on any atom is -0.466 e. The maximum absolute atomic E-state index is 13.0. The fourth-order valence-corrected chi connectivity index (χ4v) is 3.48. The van der Waals surface area contributed by atoms with Gasteiger partial charge in [-0.1, -0.05) is 30.3 Å². The molecule has 0 spiro atoms. The lowest BCUT2D eigenvalue weighted by Crippen LogP contribution is -2.39. The van der Waals surface area contributed by atoms with Crippen molar-refractivity contribution in [3.63, 3.8) is 0 Å². The highest BCUT2D eigenvalue weighted by Crippen LogP contribution is 2.32. The summed E-state index contributed by atoms with van der Waals surface area (Å²) >= 11 is 0. The van der Waals surface area contributed by atoms with Gasteiger partial charge in [0.2, 0.25) is 0 Å². The maximum atomic E-state index is 13.0. The minimum atomic E-state index is -1.39. The van der Waals surface area contributed by atoms with Gasteiger partial charge in [0.25, 0.3) is 5.91 Å². The van der Waals surface area contributed by atoms with Crippen molar-refractivity contribution >= 4 is 23.8 Å². The van der Waals surface area contributed by atoms with Crippen LogP contribution in [0, 0.1) is 5.92 Å². The van der Waals surface area contributed by atoms with E-state index in [9.17, 15) is 19.2 Å². The SMILES string of the molecule is COC(=O)C1=C(C)NC(C)=C(C(=O)OC)C1C(=O)OCC(=O)N(C)C(C)c1ccccc1. The number of allylic oxidation sites excluding steroid dienone is 2. The summed E-state index contributed by atoms with van der Waals surface area (Å²) in [5.74, 6) is -4.36. The minimum absolute atomic E-state index is 0.0815. The van der Waals surface area contributed by atoms with Crippen molar-refractivity contribution in [2.24, 2.45) is 5.92 Å². The molecule has 0 radical (unpaired) electrons. The van der Waals surface area contributed by atoms with Crippen LogP contribution in [-0.2, 0) is 33.4 Å².